The Labute approximate surface area is 110 Å². The molecule has 0 aliphatic rings. The Bertz CT molecular complexity index is 615. The Hall–Kier alpha value is -2.55. The second-order valence-corrected chi connectivity index (χ2v) is 3.76. The molecule has 0 atom stereocenters. The molecule has 0 spiro atoms. The Balaban J connectivity index is 2.05. The molecule has 98 valence electrons. The summed E-state index contributed by atoms with van der Waals surface area (Å²) in [6, 6.07) is 3.63. The Morgan fingerprint density at radius 2 is 2.32 bits per heavy atom. The van der Waals surface area contributed by atoms with Crippen LogP contribution >= 0.6 is 11.6 Å². The first-order valence-electron chi connectivity index (χ1n) is 4.91. The Morgan fingerprint density at radius 1 is 1.53 bits per heavy atom. The lowest BCUT2D eigenvalue weighted by molar-refractivity contribution is -0.384. The third-order valence-corrected chi connectivity index (χ3v) is 2.33. The first kappa shape index (κ1) is 12.9. The van der Waals surface area contributed by atoms with Crippen LogP contribution in [0.3, 0.4) is 0 Å². The van der Waals surface area contributed by atoms with Gasteiger partial charge in [-0.3, -0.25) is 10.1 Å². The van der Waals surface area contributed by atoms with Crippen LogP contribution in [0.1, 0.15) is 0 Å². The molecule has 0 amide bonds. The van der Waals surface area contributed by atoms with Crippen LogP contribution in [0.5, 0.6) is 5.75 Å². The molecule has 0 aliphatic carbocycles. The van der Waals surface area contributed by atoms with Crippen molar-refractivity contribution in [1.82, 2.24) is 20.2 Å². The van der Waals surface area contributed by atoms with E-state index in [0.29, 0.717) is 0 Å². The van der Waals surface area contributed by atoms with Crippen LogP contribution in [0.4, 0.5) is 5.69 Å². The summed E-state index contributed by atoms with van der Waals surface area (Å²) >= 11 is 5.68. The van der Waals surface area contributed by atoms with E-state index < -0.39 is 10.9 Å². The number of benzene rings is 1. The average molecular weight is 284 g/mol. The molecule has 9 nitrogen and oxygen atoms in total. The van der Waals surface area contributed by atoms with Gasteiger partial charge in [-0.2, -0.15) is 0 Å². The number of nitro groups is 1. The maximum Gasteiger partial charge on any atom is 0.333 e. The van der Waals surface area contributed by atoms with Crippen molar-refractivity contribution in [3.05, 3.63) is 39.7 Å². The molecule has 0 aliphatic heterocycles. The van der Waals surface area contributed by atoms with E-state index in [1.165, 1.54) is 23.1 Å². The van der Waals surface area contributed by atoms with Gasteiger partial charge in [0.25, 0.3) is 5.69 Å². The smallest absolute Gasteiger partial charge is 0.333 e. The number of tetrazole rings is 1. The summed E-state index contributed by atoms with van der Waals surface area (Å²) in [6.07, 6.45) is 1.25. The summed E-state index contributed by atoms with van der Waals surface area (Å²) in [5.41, 5.74) is -0.262. The topological polar surface area (TPSA) is 113 Å². The standard InChI is InChI=1S/C9H6ClN5O4/c10-7-3-6(1-2-8(7)15(17)18)19-9(16)4-14-5-11-12-13-14/h1-3,5H,4H2. The van der Waals surface area contributed by atoms with Crippen LogP contribution in [0.15, 0.2) is 24.5 Å². The number of carbonyl (C=O) groups is 1. The normalized spacial score (nSPS) is 10.2. The van der Waals surface area contributed by atoms with E-state index in [0.717, 1.165) is 6.07 Å². The quantitative estimate of drug-likeness (QED) is 0.353. The first-order valence-corrected chi connectivity index (χ1v) is 5.29. The number of rotatable bonds is 4. The average Bonchev–Trinajstić information content (AvgIpc) is 2.81. The van der Waals surface area contributed by atoms with Crippen LogP contribution in [0, 0.1) is 10.1 Å². The zero-order valence-corrected chi connectivity index (χ0v) is 10.0. The highest BCUT2D eigenvalue weighted by molar-refractivity contribution is 6.32. The van der Waals surface area contributed by atoms with Gasteiger partial charge < -0.3 is 4.74 Å². The van der Waals surface area contributed by atoms with Crippen molar-refractivity contribution in [1.29, 1.82) is 0 Å². The highest BCUT2D eigenvalue weighted by atomic mass is 35.5. The summed E-state index contributed by atoms with van der Waals surface area (Å²) in [6.45, 7) is -0.179. The lowest BCUT2D eigenvalue weighted by Crippen LogP contribution is -2.16. The van der Waals surface area contributed by atoms with E-state index in [9.17, 15) is 14.9 Å². The minimum atomic E-state index is -0.630. The number of ether oxygens (including phenoxy) is 1. The molecule has 0 saturated heterocycles. The summed E-state index contributed by atoms with van der Waals surface area (Å²) in [7, 11) is 0. The third kappa shape index (κ3) is 3.22. The van der Waals surface area contributed by atoms with Crippen molar-refractivity contribution in [3.8, 4) is 5.75 Å². The molecular weight excluding hydrogens is 278 g/mol. The number of halogens is 1. The van der Waals surface area contributed by atoms with E-state index in [1.807, 2.05) is 0 Å². The molecule has 0 fully saturated rings. The molecule has 0 unspecified atom stereocenters. The van der Waals surface area contributed by atoms with Crippen molar-refractivity contribution < 1.29 is 14.5 Å². The number of aromatic nitrogens is 4. The van der Waals surface area contributed by atoms with Gasteiger partial charge in [0.05, 0.1) is 4.92 Å². The van der Waals surface area contributed by atoms with Crippen LogP contribution < -0.4 is 4.74 Å². The highest BCUT2D eigenvalue weighted by Crippen LogP contribution is 2.28. The maximum atomic E-state index is 11.5. The fourth-order valence-corrected chi connectivity index (χ4v) is 1.49. The summed E-state index contributed by atoms with van der Waals surface area (Å²) < 4.78 is 6.12. The van der Waals surface area contributed by atoms with E-state index in [4.69, 9.17) is 16.3 Å². The van der Waals surface area contributed by atoms with Gasteiger partial charge in [0.2, 0.25) is 0 Å². The lowest BCUT2D eigenvalue weighted by Gasteiger charge is -2.04. The van der Waals surface area contributed by atoms with Gasteiger partial charge in [-0.1, -0.05) is 11.6 Å². The summed E-state index contributed by atoms with van der Waals surface area (Å²) in [5.74, 6) is -0.522. The van der Waals surface area contributed by atoms with Crippen molar-refractivity contribution in [2.24, 2.45) is 0 Å². The van der Waals surface area contributed by atoms with Crippen molar-refractivity contribution >= 4 is 23.3 Å². The van der Waals surface area contributed by atoms with Crippen LogP contribution in [-0.2, 0) is 11.3 Å². The second-order valence-electron chi connectivity index (χ2n) is 3.35. The fourth-order valence-electron chi connectivity index (χ4n) is 1.25. The van der Waals surface area contributed by atoms with Gasteiger partial charge >= 0.3 is 5.97 Å². The number of nitro benzene ring substituents is 1. The SMILES string of the molecule is O=C(Cn1cnnn1)Oc1ccc([N+](=O)[O-])c(Cl)c1. The number of esters is 1. The Kier molecular flexibility index (Phi) is 3.66. The van der Waals surface area contributed by atoms with Gasteiger partial charge in [-0.05, 0) is 16.5 Å². The van der Waals surface area contributed by atoms with E-state index in [2.05, 4.69) is 15.5 Å². The van der Waals surface area contributed by atoms with Gasteiger partial charge in [-0.25, -0.2) is 9.48 Å². The van der Waals surface area contributed by atoms with E-state index in [-0.39, 0.29) is 23.0 Å². The number of hydrogen-bond donors (Lipinski definition) is 0. The molecule has 10 heteroatoms. The molecule has 0 bridgehead atoms. The summed E-state index contributed by atoms with van der Waals surface area (Å²) in [5, 5.41) is 20.6. The molecule has 1 heterocycles. The third-order valence-electron chi connectivity index (χ3n) is 2.03. The van der Waals surface area contributed by atoms with E-state index >= 15 is 0 Å². The first-order chi connectivity index (χ1) is 9.06. The highest BCUT2D eigenvalue weighted by Gasteiger charge is 2.14. The number of hydrogen-bond acceptors (Lipinski definition) is 7. The summed E-state index contributed by atoms with van der Waals surface area (Å²) in [4.78, 5) is 21.4. The molecule has 0 radical (unpaired) electrons. The predicted octanol–water partition coefficient (Wildman–Crippen LogP) is 0.840. The maximum absolute atomic E-state index is 11.5. The molecule has 0 N–H and O–H groups in total. The molecule has 1 aromatic heterocycles. The molecular formula is C9H6ClN5O4. The van der Waals surface area contributed by atoms with Crippen molar-refractivity contribution in [2.45, 2.75) is 6.54 Å². The second kappa shape index (κ2) is 5.40. The molecule has 2 rings (SSSR count). The molecule has 1 aromatic carbocycles. The zero-order valence-electron chi connectivity index (χ0n) is 9.26. The van der Waals surface area contributed by atoms with Gasteiger partial charge in [0.1, 0.15) is 23.6 Å². The van der Waals surface area contributed by atoms with E-state index in [1.54, 1.807) is 0 Å². The molecule has 19 heavy (non-hydrogen) atoms. The molecule has 0 saturated carbocycles. The monoisotopic (exact) mass is 283 g/mol. The zero-order chi connectivity index (χ0) is 13.8. The van der Waals surface area contributed by atoms with Gasteiger partial charge in [0.15, 0.2) is 0 Å². The lowest BCUT2D eigenvalue weighted by atomic mass is 10.3. The largest absolute Gasteiger partial charge is 0.425 e. The van der Waals surface area contributed by atoms with Crippen molar-refractivity contribution in [2.75, 3.05) is 0 Å². The minimum Gasteiger partial charge on any atom is -0.425 e. The van der Waals surface area contributed by atoms with Gasteiger partial charge in [0, 0.05) is 12.1 Å². The number of nitrogens with zero attached hydrogens (tertiary/aromatic N) is 5. The van der Waals surface area contributed by atoms with Gasteiger partial charge in [-0.15, -0.1) is 5.10 Å². The fraction of sp³-hybridized carbons (Fsp3) is 0.111. The number of carbonyl (C=O) groups excluding carboxylic acids is 1. The molecule has 2 aromatic rings. The predicted molar refractivity (Wildman–Crippen MR) is 61.6 cm³/mol. The van der Waals surface area contributed by atoms with Crippen LogP contribution in [-0.4, -0.2) is 31.1 Å². The van der Waals surface area contributed by atoms with Crippen LogP contribution in [0.25, 0.3) is 0 Å². The Morgan fingerprint density at radius 3 is 2.89 bits per heavy atom. The minimum absolute atomic E-state index is 0.105. The van der Waals surface area contributed by atoms with Crippen LogP contribution in [0.2, 0.25) is 5.02 Å². The van der Waals surface area contributed by atoms with Crippen molar-refractivity contribution in [3.63, 3.8) is 0 Å².